The van der Waals surface area contributed by atoms with Crippen molar-refractivity contribution in [2.75, 3.05) is 26.0 Å². The Morgan fingerprint density at radius 3 is 2.37 bits per heavy atom. The first-order valence-corrected chi connectivity index (χ1v) is 9.87. The van der Waals surface area contributed by atoms with Gasteiger partial charge in [-0.25, -0.2) is 4.39 Å². The van der Waals surface area contributed by atoms with Gasteiger partial charge in [0.1, 0.15) is 11.9 Å². The van der Waals surface area contributed by atoms with Crippen molar-refractivity contribution in [2.45, 2.75) is 32.2 Å². The number of nitrogens with one attached hydrogen (secondary N) is 1. The summed E-state index contributed by atoms with van der Waals surface area (Å²) in [5, 5.41) is 12.6. The standard InChI is InChI=1S/C24H27FN4O/c1-24(2,3)17-12-10-16(11-13-17)21(29(4)5)15-27-23-20(14-26)28-22(30-23)18-8-6-7-9-19(18)25/h6-13,21,27H,15H2,1-5H3/t21-/m1/s1. The Bertz CT molecular complexity index is 1040. The lowest BCUT2D eigenvalue weighted by Gasteiger charge is -2.26. The number of likely N-dealkylation sites (N-methyl/N-ethyl adjacent to an activating group) is 1. The molecule has 0 aliphatic heterocycles. The Hall–Kier alpha value is -3.17. The number of hydrogen-bond donors (Lipinski definition) is 1. The predicted octanol–water partition coefficient (Wildman–Crippen LogP) is 5.36. The fourth-order valence-corrected chi connectivity index (χ4v) is 3.26. The number of rotatable bonds is 6. The van der Waals surface area contributed by atoms with E-state index in [0.29, 0.717) is 6.54 Å². The Balaban J connectivity index is 1.82. The first-order chi connectivity index (χ1) is 14.2. The minimum Gasteiger partial charge on any atom is -0.419 e. The molecule has 30 heavy (non-hydrogen) atoms. The summed E-state index contributed by atoms with van der Waals surface area (Å²) >= 11 is 0. The average Bonchev–Trinajstić information content (AvgIpc) is 3.11. The molecule has 0 saturated heterocycles. The molecule has 1 aromatic heterocycles. The van der Waals surface area contributed by atoms with Crippen molar-refractivity contribution >= 4 is 5.88 Å². The topological polar surface area (TPSA) is 65.1 Å². The zero-order chi connectivity index (χ0) is 21.9. The van der Waals surface area contributed by atoms with Crippen LogP contribution in [0, 0.1) is 17.1 Å². The lowest BCUT2D eigenvalue weighted by Crippen LogP contribution is -2.27. The third-order valence-electron chi connectivity index (χ3n) is 5.08. The van der Waals surface area contributed by atoms with Crippen molar-refractivity contribution in [1.82, 2.24) is 9.88 Å². The fraction of sp³-hybridized carbons (Fsp3) is 0.333. The molecule has 1 atom stereocenters. The lowest BCUT2D eigenvalue weighted by atomic mass is 9.86. The molecule has 0 saturated carbocycles. The van der Waals surface area contributed by atoms with E-state index in [9.17, 15) is 9.65 Å². The summed E-state index contributed by atoms with van der Waals surface area (Å²) in [6.45, 7) is 7.07. The van der Waals surface area contributed by atoms with Crippen LogP contribution in [0.1, 0.15) is 43.6 Å². The van der Waals surface area contributed by atoms with Crippen molar-refractivity contribution in [2.24, 2.45) is 0 Å². The minimum atomic E-state index is -0.445. The maximum Gasteiger partial charge on any atom is 0.233 e. The third-order valence-corrected chi connectivity index (χ3v) is 5.08. The molecule has 0 unspecified atom stereocenters. The number of benzene rings is 2. The highest BCUT2D eigenvalue weighted by Gasteiger charge is 2.21. The molecule has 0 aliphatic carbocycles. The average molecular weight is 407 g/mol. The van der Waals surface area contributed by atoms with Gasteiger partial charge in [-0.2, -0.15) is 10.2 Å². The van der Waals surface area contributed by atoms with Crippen molar-refractivity contribution in [3.63, 3.8) is 0 Å². The molecule has 0 amide bonds. The molecule has 156 valence electrons. The molecule has 3 rings (SSSR count). The quantitative estimate of drug-likeness (QED) is 0.597. The summed E-state index contributed by atoms with van der Waals surface area (Å²) in [4.78, 5) is 6.25. The van der Waals surface area contributed by atoms with Crippen LogP contribution in [-0.4, -0.2) is 30.5 Å². The predicted molar refractivity (Wildman–Crippen MR) is 117 cm³/mol. The Kier molecular flexibility index (Phi) is 6.23. The van der Waals surface area contributed by atoms with E-state index in [4.69, 9.17) is 4.42 Å². The summed E-state index contributed by atoms with van der Waals surface area (Å²) in [5.74, 6) is -0.114. The van der Waals surface area contributed by atoms with Gasteiger partial charge in [-0.05, 0) is 42.8 Å². The molecule has 0 radical (unpaired) electrons. The fourth-order valence-electron chi connectivity index (χ4n) is 3.26. The smallest absolute Gasteiger partial charge is 0.233 e. The molecule has 5 nitrogen and oxygen atoms in total. The maximum absolute atomic E-state index is 14.1. The number of anilines is 1. The monoisotopic (exact) mass is 406 g/mol. The van der Waals surface area contributed by atoms with E-state index < -0.39 is 5.82 Å². The highest BCUT2D eigenvalue weighted by atomic mass is 19.1. The number of oxazole rings is 1. The van der Waals surface area contributed by atoms with E-state index in [1.54, 1.807) is 18.2 Å². The third kappa shape index (κ3) is 4.69. The zero-order valence-corrected chi connectivity index (χ0v) is 18.0. The first kappa shape index (κ1) is 21.5. The van der Waals surface area contributed by atoms with Gasteiger partial charge >= 0.3 is 0 Å². The Labute approximate surface area is 177 Å². The second-order valence-corrected chi connectivity index (χ2v) is 8.52. The van der Waals surface area contributed by atoms with Gasteiger partial charge in [0.2, 0.25) is 17.5 Å². The zero-order valence-electron chi connectivity index (χ0n) is 18.0. The summed E-state index contributed by atoms with van der Waals surface area (Å²) in [6, 6.07) is 16.8. The van der Waals surface area contributed by atoms with Crippen LogP contribution in [0.3, 0.4) is 0 Å². The summed E-state index contributed by atoms with van der Waals surface area (Å²) in [5.41, 5.74) is 2.84. The molecule has 1 heterocycles. The van der Waals surface area contributed by atoms with E-state index in [2.05, 4.69) is 60.2 Å². The van der Waals surface area contributed by atoms with Crippen molar-refractivity contribution in [3.8, 4) is 17.5 Å². The van der Waals surface area contributed by atoms with Crippen molar-refractivity contribution in [3.05, 3.63) is 71.2 Å². The molecule has 3 aromatic rings. The second kappa shape index (κ2) is 8.68. The van der Waals surface area contributed by atoms with Crippen LogP contribution in [0.2, 0.25) is 0 Å². The van der Waals surface area contributed by atoms with Gasteiger partial charge in [-0.15, -0.1) is 0 Å². The van der Waals surface area contributed by atoms with Crippen LogP contribution < -0.4 is 5.32 Å². The largest absolute Gasteiger partial charge is 0.419 e. The highest BCUT2D eigenvalue weighted by molar-refractivity contribution is 5.59. The summed E-state index contributed by atoms with van der Waals surface area (Å²) in [6.07, 6.45) is 0. The number of aromatic nitrogens is 1. The van der Waals surface area contributed by atoms with Gasteiger partial charge in [0.25, 0.3) is 0 Å². The van der Waals surface area contributed by atoms with Gasteiger partial charge in [0.15, 0.2) is 0 Å². The summed E-state index contributed by atoms with van der Waals surface area (Å²) < 4.78 is 19.8. The normalized spacial score (nSPS) is 12.6. The molecule has 0 fully saturated rings. The van der Waals surface area contributed by atoms with Crippen LogP contribution in [0.4, 0.5) is 10.3 Å². The number of nitriles is 1. The first-order valence-electron chi connectivity index (χ1n) is 9.87. The van der Waals surface area contributed by atoms with Crippen LogP contribution in [-0.2, 0) is 5.41 Å². The Morgan fingerprint density at radius 1 is 1.13 bits per heavy atom. The molecular formula is C24H27FN4O. The SMILES string of the molecule is CN(C)[C@H](CNc1oc(-c2ccccc2F)nc1C#N)c1ccc(C(C)(C)C)cc1. The minimum absolute atomic E-state index is 0.0487. The molecular weight excluding hydrogens is 379 g/mol. The lowest BCUT2D eigenvalue weighted by molar-refractivity contribution is 0.310. The van der Waals surface area contributed by atoms with E-state index in [1.165, 1.54) is 11.6 Å². The highest BCUT2D eigenvalue weighted by Crippen LogP contribution is 2.29. The molecule has 6 heteroatoms. The summed E-state index contributed by atoms with van der Waals surface area (Å²) in [7, 11) is 4.00. The number of nitrogens with zero attached hydrogens (tertiary/aromatic N) is 3. The van der Waals surface area contributed by atoms with Crippen molar-refractivity contribution in [1.29, 1.82) is 5.26 Å². The van der Waals surface area contributed by atoms with Crippen LogP contribution in [0.5, 0.6) is 0 Å². The van der Waals surface area contributed by atoms with E-state index in [0.717, 1.165) is 5.56 Å². The molecule has 0 spiro atoms. The van der Waals surface area contributed by atoms with Gasteiger partial charge in [0, 0.05) is 6.54 Å². The van der Waals surface area contributed by atoms with Crippen molar-refractivity contribution < 1.29 is 8.81 Å². The maximum atomic E-state index is 14.1. The van der Waals surface area contributed by atoms with Gasteiger partial charge in [0.05, 0.1) is 11.6 Å². The van der Waals surface area contributed by atoms with E-state index in [1.807, 2.05) is 20.2 Å². The Morgan fingerprint density at radius 2 is 1.80 bits per heavy atom. The van der Waals surface area contributed by atoms with Gasteiger partial charge in [-0.1, -0.05) is 57.2 Å². The van der Waals surface area contributed by atoms with Gasteiger partial charge < -0.3 is 14.6 Å². The molecule has 1 N–H and O–H groups in total. The second-order valence-electron chi connectivity index (χ2n) is 8.52. The number of halogens is 1. The van der Waals surface area contributed by atoms with Crippen LogP contribution in [0.15, 0.2) is 52.9 Å². The molecule has 0 aliphatic rings. The van der Waals surface area contributed by atoms with Gasteiger partial charge in [-0.3, -0.25) is 0 Å². The molecule has 0 bridgehead atoms. The number of hydrogen-bond acceptors (Lipinski definition) is 5. The van der Waals surface area contributed by atoms with E-state index >= 15 is 0 Å². The van der Waals surface area contributed by atoms with E-state index in [-0.39, 0.29) is 34.5 Å². The van der Waals surface area contributed by atoms with Crippen LogP contribution in [0.25, 0.3) is 11.5 Å². The molecule has 2 aromatic carbocycles. The van der Waals surface area contributed by atoms with Crippen LogP contribution >= 0.6 is 0 Å².